The van der Waals surface area contributed by atoms with Gasteiger partial charge in [0.15, 0.2) is 17.4 Å². The first-order valence-electron chi connectivity index (χ1n) is 9.24. The van der Waals surface area contributed by atoms with E-state index in [1.807, 2.05) is 42.9 Å². The van der Waals surface area contributed by atoms with Gasteiger partial charge in [-0.25, -0.2) is 4.99 Å². The van der Waals surface area contributed by atoms with Crippen molar-refractivity contribution in [3.05, 3.63) is 60.0 Å². The molecule has 8 heteroatoms. The highest BCUT2D eigenvalue weighted by Crippen LogP contribution is 2.12. The summed E-state index contributed by atoms with van der Waals surface area (Å²) in [7, 11) is 4.10. The average molecular weight is 493 g/mol. The minimum Gasteiger partial charge on any atom is -0.378 e. The van der Waals surface area contributed by atoms with Gasteiger partial charge in [0.2, 0.25) is 0 Å². The second-order valence-electron chi connectivity index (χ2n) is 6.48. The Morgan fingerprint density at radius 3 is 2.57 bits per heavy atom. The number of aromatic nitrogens is 3. The number of aliphatic imine (C=N–C) groups is 1. The van der Waals surface area contributed by atoms with Crippen LogP contribution in [0.2, 0.25) is 0 Å². The van der Waals surface area contributed by atoms with Crippen molar-refractivity contribution in [2.24, 2.45) is 4.99 Å². The first-order valence-corrected chi connectivity index (χ1v) is 9.24. The second-order valence-corrected chi connectivity index (χ2v) is 6.48. The molecule has 0 spiro atoms. The predicted octanol–water partition coefficient (Wildman–Crippen LogP) is 2.71. The number of guanidine groups is 1. The number of benzene rings is 1. The molecule has 0 aliphatic rings. The number of nitrogens with one attached hydrogen (secondary N) is 2. The van der Waals surface area contributed by atoms with Gasteiger partial charge in [-0.15, -0.1) is 34.2 Å². The highest BCUT2D eigenvalue weighted by atomic mass is 127. The maximum Gasteiger partial charge on any atom is 0.191 e. The van der Waals surface area contributed by atoms with E-state index in [0.29, 0.717) is 6.54 Å². The number of anilines is 1. The Morgan fingerprint density at radius 1 is 1.07 bits per heavy atom. The summed E-state index contributed by atoms with van der Waals surface area (Å²) in [6.45, 7) is 4.15. The maximum atomic E-state index is 4.64. The zero-order valence-corrected chi connectivity index (χ0v) is 18.9. The van der Waals surface area contributed by atoms with Gasteiger partial charge in [-0.1, -0.05) is 18.2 Å². The molecule has 28 heavy (non-hydrogen) atoms. The van der Waals surface area contributed by atoms with Crippen LogP contribution in [0.5, 0.6) is 0 Å². The van der Waals surface area contributed by atoms with Crippen LogP contribution in [0.1, 0.15) is 18.3 Å². The van der Waals surface area contributed by atoms with Crippen LogP contribution in [0.4, 0.5) is 5.69 Å². The molecule has 1 aromatic carbocycles. The normalized spacial score (nSPS) is 11.2. The maximum absolute atomic E-state index is 4.64. The Morgan fingerprint density at radius 2 is 1.86 bits per heavy atom. The number of pyridine rings is 1. The molecular weight excluding hydrogens is 465 g/mol. The largest absolute Gasteiger partial charge is 0.378 e. The lowest BCUT2D eigenvalue weighted by atomic mass is 10.1. The lowest BCUT2D eigenvalue weighted by molar-refractivity contribution is 0.787. The summed E-state index contributed by atoms with van der Waals surface area (Å²) < 4.78 is 1.96. The third-order valence-corrected chi connectivity index (χ3v) is 4.27. The standard InChI is InChI=1S/C20H27N7.HI/c1-4-21-20(22-13-12-16-8-10-17(11-9-16)26(2)3)23-15-19-25-24-18-7-5-6-14-27(18)19;/h5-11,14H,4,12-13,15H2,1-3H3,(H2,21,22,23);1H. The van der Waals surface area contributed by atoms with Crippen LogP contribution >= 0.6 is 24.0 Å². The molecule has 0 aliphatic carbocycles. The first kappa shape index (κ1) is 21.9. The topological polar surface area (TPSA) is 69.8 Å². The third kappa shape index (κ3) is 5.82. The van der Waals surface area contributed by atoms with Crippen molar-refractivity contribution >= 4 is 41.3 Å². The van der Waals surface area contributed by atoms with Gasteiger partial charge in [0.05, 0.1) is 0 Å². The van der Waals surface area contributed by atoms with Crippen LogP contribution in [0.3, 0.4) is 0 Å². The van der Waals surface area contributed by atoms with E-state index in [9.17, 15) is 0 Å². The fourth-order valence-corrected chi connectivity index (χ4v) is 2.78. The number of fused-ring (bicyclic) bond motifs is 1. The number of hydrogen-bond acceptors (Lipinski definition) is 4. The van der Waals surface area contributed by atoms with E-state index in [4.69, 9.17) is 0 Å². The van der Waals surface area contributed by atoms with Gasteiger partial charge in [-0.2, -0.15) is 0 Å². The number of hydrogen-bond donors (Lipinski definition) is 2. The van der Waals surface area contributed by atoms with Crippen LogP contribution in [0, 0.1) is 0 Å². The summed E-state index contributed by atoms with van der Waals surface area (Å²) in [6, 6.07) is 14.5. The Labute approximate surface area is 183 Å². The van der Waals surface area contributed by atoms with Gasteiger partial charge in [0, 0.05) is 39.1 Å². The van der Waals surface area contributed by atoms with Crippen LogP contribution in [-0.4, -0.2) is 47.7 Å². The molecule has 0 bridgehead atoms. The smallest absolute Gasteiger partial charge is 0.191 e. The van der Waals surface area contributed by atoms with Crippen LogP contribution < -0.4 is 15.5 Å². The van der Waals surface area contributed by atoms with Crippen LogP contribution in [-0.2, 0) is 13.0 Å². The van der Waals surface area contributed by atoms with Crippen molar-refractivity contribution in [1.29, 1.82) is 0 Å². The van der Waals surface area contributed by atoms with Gasteiger partial charge in [0.1, 0.15) is 6.54 Å². The van der Waals surface area contributed by atoms with Gasteiger partial charge < -0.3 is 15.5 Å². The van der Waals surface area contributed by atoms with E-state index in [2.05, 4.69) is 61.9 Å². The molecule has 0 amide bonds. The van der Waals surface area contributed by atoms with Gasteiger partial charge in [-0.3, -0.25) is 4.40 Å². The highest BCUT2D eigenvalue weighted by Gasteiger charge is 2.05. The van der Waals surface area contributed by atoms with Gasteiger partial charge in [0.25, 0.3) is 0 Å². The summed E-state index contributed by atoms with van der Waals surface area (Å²) in [5.74, 6) is 1.61. The molecule has 7 nitrogen and oxygen atoms in total. The molecule has 150 valence electrons. The molecule has 3 rings (SSSR count). The van der Waals surface area contributed by atoms with Crippen LogP contribution in [0.25, 0.3) is 5.65 Å². The lowest BCUT2D eigenvalue weighted by Crippen LogP contribution is -2.38. The Bertz CT molecular complexity index is 887. The molecule has 0 saturated heterocycles. The molecule has 0 aliphatic heterocycles. The van der Waals surface area contributed by atoms with E-state index in [1.54, 1.807) is 0 Å². The van der Waals surface area contributed by atoms with Crippen molar-refractivity contribution in [3.63, 3.8) is 0 Å². The van der Waals surface area contributed by atoms with Crippen LogP contribution in [0.15, 0.2) is 53.7 Å². The Balaban J connectivity index is 0.00000280. The zero-order valence-electron chi connectivity index (χ0n) is 16.6. The molecule has 0 unspecified atom stereocenters. The number of nitrogens with zero attached hydrogens (tertiary/aromatic N) is 5. The van der Waals surface area contributed by atoms with E-state index in [1.165, 1.54) is 11.3 Å². The zero-order chi connectivity index (χ0) is 19.1. The minimum atomic E-state index is 0. The molecule has 3 aromatic rings. The number of rotatable bonds is 7. The van der Waals surface area contributed by atoms with Crippen molar-refractivity contribution < 1.29 is 0 Å². The Kier molecular flexibility index (Phi) is 8.49. The minimum absolute atomic E-state index is 0. The van der Waals surface area contributed by atoms with E-state index < -0.39 is 0 Å². The molecule has 2 heterocycles. The average Bonchev–Trinajstić information content (AvgIpc) is 3.10. The predicted molar refractivity (Wildman–Crippen MR) is 126 cm³/mol. The molecule has 0 radical (unpaired) electrons. The van der Waals surface area contributed by atoms with Crippen molar-refractivity contribution in [3.8, 4) is 0 Å². The SMILES string of the molecule is CCNC(=NCc1nnc2ccccn12)NCCc1ccc(N(C)C)cc1.I. The molecule has 2 aromatic heterocycles. The summed E-state index contributed by atoms with van der Waals surface area (Å²) in [5, 5.41) is 15.1. The van der Waals surface area contributed by atoms with Crippen molar-refractivity contribution in [2.75, 3.05) is 32.1 Å². The molecule has 0 fully saturated rings. The molecular formula is C20H28IN7. The monoisotopic (exact) mass is 493 g/mol. The van der Waals surface area contributed by atoms with Crippen molar-refractivity contribution in [2.45, 2.75) is 19.9 Å². The molecule has 2 N–H and O–H groups in total. The van der Waals surface area contributed by atoms with Crippen molar-refractivity contribution in [1.82, 2.24) is 25.2 Å². The van der Waals surface area contributed by atoms with E-state index in [0.717, 1.165) is 36.9 Å². The Hall–Kier alpha value is -2.36. The van der Waals surface area contributed by atoms with E-state index >= 15 is 0 Å². The highest BCUT2D eigenvalue weighted by molar-refractivity contribution is 14.0. The summed E-state index contributed by atoms with van der Waals surface area (Å²) >= 11 is 0. The third-order valence-electron chi connectivity index (χ3n) is 4.27. The number of halogens is 1. The summed E-state index contributed by atoms with van der Waals surface area (Å²) in [6.07, 6.45) is 2.89. The molecule has 0 saturated carbocycles. The quantitative estimate of drug-likeness (QED) is 0.301. The fourth-order valence-electron chi connectivity index (χ4n) is 2.78. The summed E-state index contributed by atoms with van der Waals surface area (Å²) in [5.41, 5.74) is 3.34. The first-order chi connectivity index (χ1) is 13.2. The molecule has 0 atom stereocenters. The van der Waals surface area contributed by atoms with Gasteiger partial charge in [-0.05, 0) is 43.2 Å². The summed E-state index contributed by atoms with van der Waals surface area (Å²) in [4.78, 5) is 6.74. The second kappa shape index (κ2) is 10.8. The van der Waals surface area contributed by atoms with E-state index in [-0.39, 0.29) is 24.0 Å². The fraction of sp³-hybridized carbons (Fsp3) is 0.350. The lowest BCUT2D eigenvalue weighted by Gasteiger charge is -2.13. The van der Waals surface area contributed by atoms with Gasteiger partial charge >= 0.3 is 0 Å².